The highest BCUT2D eigenvalue weighted by molar-refractivity contribution is 5.86. The number of nitrogens with zero attached hydrogens (tertiary/aromatic N) is 1. The third kappa shape index (κ3) is 8.74. The van der Waals surface area contributed by atoms with Gasteiger partial charge in [-0.2, -0.15) is 0 Å². The standard InChI is InChI=1S/C12H24NO2.ClH/c1-10(2)11(14)15-9-13(6,7)8-12(3,4)5;/h1,8-9H2,2-7H3;1H/q+1;/p-1. The molecule has 0 aromatic heterocycles. The molecule has 0 radical (unpaired) electrons. The Hall–Kier alpha value is -0.540. The van der Waals surface area contributed by atoms with Crippen LogP contribution in [0, 0.1) is 5.41 Å². The minimum absolute atomic E-state index is 0. The summed E-state index contributed by atoms with van der Waals surface area (Å²) in [7, 11) is 4.11. The Kier molecular flexibility index (Phi) is 6.98. The molecule has 0 heterocycles. The Bertz CT molecular complexity index is 254. The van der Waals surface area contributed by atoms with Crippen LogP contribution < -0.4 is 12.4 Å². The van der Waals surface area contributed by atoms with E-state index >= 15 is 0 Å². The number of esters is 1. The summed E-state index contributed by atoms with van der Waals surface area (Å²) in [5.74, 6) is -0.310. The van der Waals surface area contributed by atoms with E-state index in [0.717, 1.165) is 6.54 Å². The minimum atomic E-state index is -0.310. The van der Waals surface area contributed by atoms with Gasteiger partial charge in [0.25, 0.3) is 0 Å². The van der Waals surface area contributed by atoms with E-state index in [-0.39, 0.29) is 23.8 Å². The zero-order chi connectivity index (χ0) is 12.3. The second-order valence-corrected chi connectivity index (χ2v) is 6.00. The smallest absolute Gasteiger partial charge is 0.337 e. The highest BCUT2D eigenvalue weighted by Crippen LogP contribution is 2.18. The van der Waals surface area contributed by atoms with Crippen LogP contribution >= 0.6 is 0 Å². The number of halogens is 1. The van der Waals surface area contributed by atoms with E-state index in [1.54, 1.807) is 6.92 Å². The van der Waals surface area contributed by atoms with E-state index in [9.17, 15) is 4.79 Å². The zero-order valence-corrected chi connectivity index (χ0v) is 12.0. The summed E-state index contributed by atoms with van der Waals surface area (Å²) in [6, 6.07) is 0. The van der Waals surface area contributed by atoms with Gasteiger partial charge in [0.05, 0.1) is 20.6 Å². The average Bonchev–Trinajstić information content (AvgIpc) is 1.95. The summed E-state index contributed by atoms with van der Waals surface area (Å²) in [4.78, 5) is 11.2. The van der Waals surface area contributed by atoms with Crippen LogP contribution in [-0.4, -0.2) is 37.8 Å². The van der Waals surface area contributed by atoms with Crippen LogP contribution in [0.25, 0.3) is 0 Å². The normalized spacial score (nSPS) is 11.6. The van der Waals surface area contributed by atoms with Gasteiger partial charge < -0.3 is 17.1 Å². The van der Waals surface area contributed by atoms with E-state index in [2.05, 4.69) is 41.4 Å². The molecule has 0 spiro atoms. The molecule has 0 aliphatic heterocycles. The van der Waals surface area contributed by atoms with Gasteiger partial charge in [-0.3, -0.25) is 4.48 Å². The van der Waals surface area contributed by atoms with E-state index in [1.807, 2.05) is 0 Å². The molecule has 16 heavy (non-hydrogen) atoms. The lowest BCUT2D eigenvalue weighted by atomic mass is 9.95. The molecule has 0 saturated carbocycles. The number of ether oxygens (including phenoxy) is 1. The molecule has 0 aromatic carbocycles. The lowest BCUT2D eigenvalue weighted by molar-refractivity contribution is -0.912. The second kappa shape index (κ2) is 6.26. The van der Waals surface area contributed by atoms with Gasteiger partial charge in [0.1, 0.15) is 0 Å². The minimum Gasteiger partial charge on any atom is -1.00 e. The Morgan fingerprint density at radius 3 is 2.06 bits per heavy atom. The summed E-state index contributed by atoms with van der Waals surface area (Å²) in [5, 5.41) is 0. The molecule has 0 aliphatic rings. The average molecular weight is 250 g/mol. The highest BCUT2D eigenvalue weighted by atomic mass is 35.5. The molecule has 0 amide bonds. The largest absolute Gasteiger partial charge is 1.00 e. The van der Waals surface area contributed by atoms with Crippen LogP contribution in [0.3, 0.4) is 0 Å². The van der Waals surface area contributed by atoms with Crippen molar-refractivity contribution >= 4 is 5.97 Å². The SMILES string of the molecule is C=C(C)C(=O)OC[N+](C)(C)CC(C)(C)C.[Cl-]. The van der Waals surface area contributed by atoms with Crippen molar-refractivity contribution in [3.05, 3.63) is 12.2 Å². The van der Waals surface area contributed by atoms with Gasteiger partial charge in [-0.05, 0) is 6.92 Å². The van der Waals surface area contributed by atoms with Gasteiger partial charge in [0.2, 0.25) is 6.73 Å². The Morgan fingerprint density at radius 1 is 1.31 bits per heavy atom. The van der Waals surface area contributed by atoms with Crippen molar-refractivity contribution < 1.29 is 26.4 Å². The zero-order valence-electron chi connectivity index (χ0n) is 11.3. The van der Waals surface area contributed by atoms with Crippen molar-refractivity contribution in [3.63, 3.8) is 0 Å². The first kappa shape index (κ1) is 17.8. The van der Waals surface area contributed by atoms with Crippen LogP contribution in [0.4, 0.5) is 0 Å². The quantitative estimate of drug-likeness (QED) is 0.282. The summed E-state index contributed by atoms with van der Waals surface area (Å²) < 4.78 is 5.82. The predicted molar refractivity (Wildman–Crippen MR) is 62.2 cm³/mol. The molecule has 0 atom stereocenters. The van der Waals surface area contributed by atoms with Gasteiger partial charge in [-0.15, -0.1) is 0 Å². The summed E-state index contributed by atoms with van der Waals surface area (Å²) in [6.07, 6.45) is 0. The fourth-order valence-electron chi connectivity index (χ4n) is 1.69. The molecule has 0 bridgehead atoms. The molecule has 0 N–H and O–H groups in total. The molecular formula is C12H24ClNO2. The van der Waals surface area contributed by atoms with Crippen molar-refractivity contribution in [2.45, 2.75) is 27.7 Å². The van der Waals surface area contributed by atoms with Gasteiger partial charge in [0, 0.05) is 11.0 Å². The predicted octanol–water partition coefficient (Wildman–Crippen LogP) is -0.810. The molecule has 4 heteroatoms. The Balaban J connectivity index is 0. The van der Waals surface area contributed by atoms with E-state index in [0.29, 0.717) is 16.8 Å². The van der Waals surface area contributed by atoms with E-state index in [4.69, 9.17) is 4.74 Å². The van der Waals surface area contributed by atoms with E-state index in [1.165, 1.54) is 0 Å². The fraction of sp³-hybridized carbons (Fsp3) is 0.750. The van der Waals surface area contributed by atoms with Gasteiger partial charge in [-0.25, -0.2) is 4.79 Å². The summed E-state index contributed by atoms with van der Waals surface area (Å²) >= 11 is 0. The van der Waals surface area contributed by atoms with Crippen LogP contribution in [0.5, 0.6) is 0 Å². The van der Waals surface area contributed by atoms with Gasteiger partial charge in [0.15, 0.2) is 0 Å². The third-order valence-electron chi connectivity index (χ3n) is 1.80. The maximum absolute atomic E-state index is 11.2. The van der Waals surface area contributed by atoms with Gasteiger partial charge in [-0.1, -0.05) is 27.4 Å². The molecule has 3 nitrogen and oxygen atoms in total. The maximum Gasteiger partial charge on any atom is 0.337 e. The monoisotopic (exact) mass is 249 g/mol. The Labute approximate surface area is 105 Å². The number of hydrogen-bond donors (Lipinski definition) is 0. The molecule has 0 aliphatic carbocycles. The van der Waals surface area contributed by atoms with Crippen molar-refractivity contribution in [2.75, 3.05) is 27.4 Å². The molecule has 0 rings (SSSR count). The molecule has 0 saturated heterocycles. The molecular weight excluding hydrogens is 226 g/mol. The molecule has 96 valence electrons. The lowest BCUT2D eigenvalue weighted by Gasteiger charge is -2.34. The van der Waals surface area contributed by atoms with Crippen LogP contribution in [-0.2, 0) is 9.53 Å². The first-order valence-electron chi connectivity index (χ1n) is 5.18. The number of carbonyl (C=O) groups excluding carboxylic acids is 1. The van der Waals surface area contributed by atoms with E-state index < -0.39 is 0 Å². The van der Waals surface area contributed by atoms with Crippen molar-refractivity contribution in [2.24, 2.45) is 5.41 Å². The number of carbonyl (C=O) groups is 1. The lowest BCUT2D eigenvalue weighted by Crippen LogP contribution is -3.00. The maximum atomic E-state index is 11.2. The molecule has 0 aromatic rings. The second-order valence-electron chi connectivity index (χ2n) is 6.00. The third-order valence-corrected chi connectivity index (χ3v) is 1.80. The summed E-state index contributed by atoms with van der Waals surface area (Å²) in [5.41, 5.74) is 0.671. The highest BCUT2D eigenvalue weighted by Gasteiger charge is 2.25. The fourth-order valence-corrected chi connectivity index (χ4v) is 1.69. The first-order chi connectivity index (χ1) is 6.53. The summed E-state index contributed by atoms with van der Waals surface area (Å²) in [6.45, 7) is 13.1. The van der Waals surface area contributed by atoms with Gasteiger partial charge >= 0.3 is 5.97 Å². The first-order valence-corrected chi connectivity index (χ1v) is 5.18. The topological polar surface area (TPSA) is 26.3 Å². The van der Waals surface area contributed by atoms with Crippen LogP contribution in [0.1, 0.15) is 27.7 Å². The van der Waals surface area contributed by atoms with Crippen molar-refractivity contribution in [1.82, 2.24) is 0 Å². The van der Waals surface area contributed by atoms with Crippen LogP contribution in [0.2, 0.25) is 0 Å². The molecule has 0 fully saturated rings. The Morgan fingerprint density at radius 2 is 1.75 bits per heavy atom. The van der Waals surface area contributed by atoms with Crippen LogP contribution in [0.15, 0.2) is 12.2 Å². The molecule has 0 unspecified atom stereocenters. The van der Waals surface area contributed by atoms with Crippen molar-refractivity contribution in [3.8, 4) is 0 Å². The van der Waals surface area contributed by atoms with Crippen molar-refractivity contribution in [1.29, 1.82) is 0 Å². The number of quaternary nitrogens is 1. The number of hydrogen-bond acceptors (Lipinski definition) is 2. The number of rotatable bonds is 4.